The molecule has 8 nitrogen and oxygen atoms in total. The van der Waals surface area contributed by atoms with Gasteiger partial charge in [0.05, 0.1) is 12.8 Å². The summed E-state index contributed by atoms with van der Waals surface area (Å²) in [6, 6.07) is 12.8. The minimum atomic E-state index is 0.0756. The minimum Gasteiger partial charge on any atom is -0.507 e. The zero-order valence-electron chi connectivity index (χ0n) is 14.0. The second-order valence-corrected chi connectivity index (χ2v) is 5.53. The fourth-order valence-electron chi connectivity index (χ4n) is 2.62. The third-order valence-corrected chi connectivity index (χ3v) is 3.80. The lowest BCUT2D eigenvalue weighted by atomic mass is 10.2. The summed E-state index contributed by atoms with van der Waals surface area (Å²) in [5, 5.41) is 23.2. The molecule has 3 N–H and O–H groups in total. The number of benzene rings is 2. The first-order chi connectivity index (χ1) is 12.7. The predicted octanol–water partition coefficient (Wildman–Crippen LogP) is 3.06. The van der Waals surface area contributed by atoms with Crippen molar-refractivity contribution in [3.8, 4) is 11.5 Å². The number of nitrogens with zero attached hydrogens (tertiary/aromatic N) is 4. The maximum Gasteiger partial charge on any atom is 0.265 e. The summed E-state index contributed by atoms with van der Waals surface area (Å²) in [6.45, 7) is 2.42. The third kappa shape index (κ3) is 3.00. The van der Waals surface area contributed by atoms with Crippen LogP contribution in [0.1, 0.15) is 12.5 Å². The molecule has 0 aliphatic carbocycles. The molecule has 0 saturated carbocycles. The number of ether oxygens (including phenoxy) is 1. The molecule has 0 amide bonds. The van der Waals surface area contributed by atoms with Gasteiger partial charge in [0.15, 0.2) is 5.65 Å². The number of fused-ring (bicyclic) bond motifs is 3. The van der Waals surface area contributed by atoms with Crippen LogP contribution in [0.4, 0.5) is 5.95 Å². The fourth-order valence-corrected chi connectivity index (χ4v) is 2.62. The Labute approximate surface area is 148 Å². The van der Waals surface area contributed by atoms with Crippen LogP contribution in [0.5, 0.6) is 11.5 Å². The average molecular weight is 348 g/mol. The summed E-state index contributed by atoms with van der Waals surface area (Å²) in [5.41, 5.74) is 5.54. The fraction of sp³-hybridized carbons (Fsp3) is 0.111. The van der Waals surface area contributed by atoms with Gasteiger partial charge in [-0.2, -0.15) is 10.1 Å². The van der Waals surface area contributed by atoms with E-state index in [2.05, 4.69) is 30.7 Å². The molecular formula is C18H16N6O2. The molecule has 2 aromatic heterocycles. The smallest absolute Gasteiger partial charge is 0.265 e. The molecule has 0 aliphatic heterocycles. The maximum atomic E-state index is 9.99. The summed E-state index contributed by atoms with van der Waals surface area (Å²) in [6.07, 6.45) is 1.48. The van der Waals surface area contributed by atoms with Gasteiger partial charge in [0.2, 0.25) is 0 Å². The summed E-state index contributed by atoms with van der Waals surface area (Å²) in [4.78, 5) is 7.56. The zero-order valence-corrected chi connectivity index (χ0v) is 14.0. The Kier molecular flexibility index (Phi) is 4.06. The number of para-hydroxylation sites is 1. The van der Waals surface area contributed by atoms with Gasteiger partial charge in [-0.15, -0.1) is 10.2 Å². The molecule has 0 bridgehead atoms. The lowest BCUT2D eigenvalue weighted by Gasteiger charge is -2.04. The number of hydrazone groups is 1. The van der Waals surface area contributed by atoms with E-state index in [0.717, 1.165) is 10.9 Å². The van der Waals surface area contributed by atoms with Gasteiger partial charge in [-0.25, -0.2) is 5.43 Å². The van der Waals surface area contributed by atoms with Gasteiger partial charge in [0.1, 0.15) is 17.0 Å². The Bertz CT molecular complexity index is 1110. The van der Waals surface area contributed by atoms with Gasteiger partial charge in [0, 0.05) is 22.5 Å². The van der Waals surface area contributed by atoms with Gasteiger partial charge in [-0.3, -0.25) is 0 Å². The molecule has 0 saturated heterocycles. The van der Waals surface area contributed by atoms with E-state index in [0.29, 0.717) is 29.1 Å². The largest absolute Gasteiger partial charge is 0.507 e. The van der Waals surface area contributed by atoms with Gasteiger partial charge >= 0.3 is 0 Å². The first kappa shape index (κ1) is 15.8. The van der Waals surface area contributed by atoms with E-state index < -0.39 is 0 Å². The highest BCUT2D eigenvalue weighted by Gasteiger charge is 2.08. The molecule has 26 heavy (non-hydrogen) atoms. The van der Waals surface area contributed by atoms with Crippen molar-refractivity contribution < 1.29 is 9.84 Å². The molecule has 0 fully saturated rings. The molecule has 2 heterocycles. The Morgan fingerprint density at radius 2 is 2.12 bits per heavy atom. The van der Waals surface area contributed by atoms with Crippen molar-refractivity contribution in [2.45, 2.75) is 6.92 Å². The summed E-state index contributed by atoms with van der Waals surface area (Å²) in [5.74, 6) is 0.934. The Balaban J connectivity index is 1.54. The number of phenols is 1. The lowest BCUT2D eigenvalue weighted by molar-refractivity contribution is 0.337. The molecule has 130 valence electrons. The minimum absolute atomic E-state index is 0.0756. The Morgan fingerprint density at radius 3 is 2.96 bits per heavy atom. The normalized spacial score (nSPS) is 11.4. The molecule has 2 aromatic carbocycles. The summed E-state index contributed by atoms with van der Waals surface area (Å²) >= 11 is 0. The molecule has 0 spiro atoms. The topological polar surface area (TPSA) is 108 Å². The molecule has 4 aromatic rings. The van der Waals surface area contributed by atoms with Crippen molar-refractivity contribution >= 4 is 34.2 Å². The number of aromatic nitrogens is 4. The van der Waals surface area contributed by atoms with Crippen LogP contribution in [0.3, 0.4) is 0 Å². The van der Waals surface area contributed by atoms with Crippen LogP contribution < -0.4 is 10.2 Å². The van der Waals surface area contributed by atoms with E-state index in [1.165, 1.54) is 6.21 Å². The predicted molar refractivity (Wildman–Crippen MR) is 99.7 cm³/mol. The van der Waals surface area contributed by atoms with E-state index in [4.69, 9.17) is 4.74 Å². The zero-order chi connectivity index (χ0) is 17.9. The highest BCUT2D eigenvalue weighted by molar-refractivity contribution is 6.03. The van der Waals surface area contributed by atoms with E-state index >= 15 is 0 Å². The van der Waals surface area contributed by atoms with Crippen molar-refractivity contribution in [2.75, 3.05) is 12.0 Å². The van der Waals surface area contributed by atoms with Crippen molar-refractivity contribution in [1.82, 2.24) is 20.2 Å². The van der Waals surface area contributed by atoms with Crippen LogP contribution in [0, 0.1) is 0 Å². The second-order valence-electron chi connectivity index (χ2n) is 5.53. The monoisotopic (exact) mass is 348 g/mol. The van der Waals surface area contributed by atoms with Crippen LogP contribution in [0.2, 0.25) is 0 Å². The van der Waals surface area contributed by atoms with E-state index in [1.54, 1.807) is 18.2 Å². The summed E-state index contributed by atoms with van der Waals surface area (Å²) in [7, 11) is 0. The van der Waals surface area contributed by atoms with Crippen LogP contribution in [0.15, 0.2) is 47.6 Å². The molecule has 8 heteroatoms. The number of aromatic hydroxyl groups is 1. The number of nitrogens with one attached hydrogen (secondary N) is 2. The molecule has 4 rings (SSSR count). The number of anilines is 1. The number of rotatable bonds is 5. The van der Waals surface area contributed by atoms with Gasteiger partial charge in [-0.1, -0.05) is 18.2 Å². The number of hydrogen-bond donors (Lipinski definition) is 3. The second kappa shape index (κ2) is 6.67. The number of aromatic amines is 1. The van der Waals surface area contributed by atoms with Crippen LogP contribution in [-0.4, -0.2) is 38.1 Å². The van der Waals surface area contributed by atoms with Crippen LogP contribution in [0.25, 0.3) is 22.1 Å². The van der Waals surface area contributed by atoms with Crippen LogP contribution in [-0.2, 0) is 0 Å². The standard InChI is InChI=1S/C18H16N6O2/c1-2-26-12-8-7-11(15(25)9-12)10-19-23-18-21-17-16(22-24-18)13-5-3-4-6-14(13)20-17/h3-10,25H,2H2,1H3,(H2,20,21,23,24)/b19-10+. The van der Waals surface area contributed by atoms with Crippen LogP contribution >= 0.6 is 0 Å². The van der Waals surface area contributed by atoms with Crippen molar-refractivity contribution in [2.24, 2.45) is 5.10 Å². The third-order valence-electron chi connectivity index (χ3n) is 3.80. The van der Waals surface area contributed by atoms with E-state index in [9.17, 15) is 5.11 Å². The van der Waals surface area contributed by atoms with Crippen molar-refractivity contribution in [3.05, 3.63) is 48.0 Å². The number of H-pyrrole nitrogens is 1. The quantitative estimate of drug-likeness (QED) is 0.378. The number of hydrogen-bond acceptors (Lipinski definition) is 7. The van der Waals surface area contributed by atoms with Gasteiger partial charge < -0.3 is 14.8 Å². The Morgan fingerprint density at radius 1 is 1.23 bits per heavy atom. The molecular weight excluding hydrogens is 332 g/mol. The maximum absolute atomic E-state index is 9.99. The Hall–Kier alpha value is -3.68. The van der Waals surface area contributed by atoms with Gasteiger partial charge in [-0.05, 0) is 25.1 Å². The first-order valence-corrected chi connectivity index (χ1v) is 8.10. The van der Waals surface area contributed by atoms with Crippen molar-refractivity contribution in [3.63, 3.8) is 0 Å². The van der Waals surface area contributed by atoms with E-state index in [1.807, 2.05) is 31.2 Å². The lowest BCUT2D eigenvalue weighted by Crippen LogP contribution is -1.99. The average Bonchev–Trinajstić information content (AvgIpc) is 3.01. The highest BCUT2D eigenvalue weighted by Crippen LogP contribution is 2.23. The molecule has 0 radical (unpaired) electrons. The SMILES string of the molecule is CCOc1ccc(/C=N/Nc2nnc3c(n2)[nH]c2ccccc23)c(O)c1. The van der Waals surface area contributed by atoms with Gasteiger partial charge in [0.25, 0.3) is 5.95 Å². The van der Waals surface area contributed by atoms with Crippen molar-refractivity contribution in [1.29, 1.82) is 0 Å². The molecule has 0 atom stereocenters. The summed E-state index contributed by atoms with van der Waals surface area (Å²) < 4.78 is 5.33. The molecule has 0 aliphatic rings. The highest BCUT2D eigenvalue weighted by atomic mass is 16.5. The first-order valence-electron chi connectivity index (χ1n) is 8.10. The molecule has 0 unspecified atom stereocenters. The van der Waals surface area contributed by atoms with E-state index in [-0.39, 0.29) is 11.7 Å². The number of phenolic OH excluding ortho intramolecular Hbond substituents is 1.